The van der Waals surface area contributed by atoms with Gasteiger partial charge in [-0.1, -0.05) is 48.1 Å². The number of hydrogen-bond acceptors (Lipinski definition) is 0. The van der Waals surface area contributed by atoms with E-state index in [1.165, 1.54) is 16.7 Å². The maximum absolute atomic E-state index is 4.60. The van der Waals surface area contributed by atoms with E-state index in [1.54, 1.807) is 6.92 Å². The van der Waals surface area contributed by atoms with E-state index in [2.05, 4.69) is 57.0 Å². The number of hydrogen-bond donors (Lipinski definition) is 0. The lowest BCUT2D eigenvalue weighted by atomic mass is 10.0. The van der Waals surface area contributed by atoms with Gasteiger partial charge in [-0.15, -0.1) is 12.3 Å². The van der Waals surface area contributed by atoms with Crippen LogP contribution >= 0.6 is 0 Å². The third-order valence-electron chi connectivity index (χ3n) is 1.97. The summed E-state index contributed by atoms with van der Waals surface area (Å²) in [5, 5.41) is 0. The summed E-state index contributed by atoms with van der Waals surface area (Å²) in [7, 11) is 0. The standard InChI is InChI=1S/C13H16.C3H4/c1-10(2)5-7-13-8-6-11(3)9-12(13)4;1-3-2/h5-9H,1H2,2-4H3;1H,2H3/b7-5+;. The lowest BCUT2D eigenvalue weighted by molar-refractivity contribution is 1.37. The molecule has 0 saturated heterocycles. The first-order valence-electron chi connectivity index (χ1n) is 5.29. The van der Waals surface area contributed by atoms with Crippen LogP contribution in [0.4, 0.5) is 0 Å². The molecular formula is C16H20. The molecule has 0 aliphatic rings. The van der Waals surface area contributed by atoms with E-state index >= 15 is 0 Å². The molecule has 0 aliphatic carbocycles. The van der Waals surface area contributed by atoms with Crippen LogP contribution < -0.4 is 0 Å². The Labute approximate surface area is 99.7 Å². The lowest BCUT2D eigenvalue weighted by Crippen LogP contribution is -1.81. The number of terminal acetylenes is 1. The molecule has 0 heteroatoms. The van der Waals surface area contributed by atoms with Crippen molar-refractivity contribution < 1.29 is 0 Å². The number of aryl methyl sites for hydroxylation is 2. The summed E-state index contributed by atoms with van der Waals surface area (Å²) in [5.41, 5.74) is 4.98. The molecule has 0 heterocycles. The summed E-state index contributed by atoms with van der Waals surface area (Å²) in [6.45, 7) is 11.7. The summed E-state index contributed by atoms with van der Waals surface area (Å²) in [4.78, 5) is 0. The smallest absolute Gasteiger partial charge is 0.00297 e. The van der Waals surface area contributed by atoms with Crippen LogP contribution in [-0.4, -0.2) is 0 Å². The second-order valence-corrected chi connectivity index (χ2v) is 3.83. The van der Waals surface area contributed by atoms with Gasteiger partial charge in [0.2, 0.25) is 0 Å². The average Bonchev–Trinajstić information content (AvgIpc) is 2.17. The van der Waals surface area contributed by atoms with Crippen molar-refractivity contribution in [3.05, 3.63) is 53.1 Å². The zero-order valence-corrected chi connectivity index (χ0v) is 10.7. The van der Waals surface area contributed by atoms with Crippen LogP contribution in [0, 0.1) is 26.2 Å². The molecule has 0 bridgehead atoms. The summed E-state index contributed by atoms with van der Waals surface area (Å²) in [5.74, 6) is 2.25. The van der Waals surface area contributed by atoms with Crippen molar-refractivity contribution in [3.63, 3.8) is 0 Å². The van der Waals surface area contributed by atoms with E-state index in [0.717, 1.165) is 5.57 Å². The Morgan fingerprint density at radius 1 is 1.38 bits per heavy atom. The van der Waals surface area contributed by atoms with Gasteiger partial charge in [0.1, 0.15) is 0 Å². The van der Waals surface area contributed by atoms with Gasteiger partial charge in [-0.25, -0.2) is 0 Å². The second-order valence-electron chi connectivity index (χ2n) is 3.83. The van der Waals surface area contributed by atoms with Gasteiger partial charge in [0, 0.05) is 0 Å². The fraction of sp³-hybridized carbons (Fsp3) is 0.250. The molecule has 0 radical (unpaired) electrons. The second kappa shape index (κ2) is 7.54. The van der Waals surface area contributed by atoms with Gasteiger partial charge in [0.05, 0.1) is 0 Å². The third kappa shape index (κ3) is 5.88. The monoisotopic (exact) mass is 212 g/mol. The van der Waals surface area contributed by atoms with Gasteiger partial charge >= 0.3 is 0 Å². The van der Waals surface area contributed by atoms with Gasteiger partial charge in [-0.2, -0.15) is 0 Å². The highest BCUT2D eigenvalue weighted by Crippen LogP contribution is 2.12. The van der Waals surface area contributed by atoms with E-state index < -0.39 is 0 Å². The SMILES string of the molecule is C#CC.C=C(C)/C=C/c1ccc(C)cc1C. The van der Waals surface area contributed by atoms with Crippen molar-refractivity contribution in [1.29, 1.82) is 0 Å². The first kappa shape index (κ1) is 14.3. The van der Waals surface area contributed by atoms with Crippen LogP contribution in [0.5, 0.6) is 0 Å². The van der Waals surface area contributed by atoms with Crippen molar-refractivity contribution in [2.45, 2.75) is 27.7 Å². The maximum atomic E-state index is 4.60. The fourth-order valence-electron chi connectivity index (χ4n) is 1.24. The van der Waals surface area contributed by atoms with Gasteiger partial charge in [-0.3, -0.25) is 0 Å². The van der Waals surface area contributed by atoms with E-state index in [4.69, 9.17) is 0 Å². The quantitative estimate of drug-likeness (QED) is 0.499. The van der Waals surface area contributed by atoms with Gasteiger partial charge < -0.3 is 0 Å². The minimum atomic E-state index is 1.08. The van der Waals surface area contributed by atoms with Gasteiger partial charge in [0.25, 0.3) is 0 Å². The molecule has 84 valence electrons. The average molecular weight is 212 g/mol. The van der Waals surface area contributed by atoms with Crippen molar-refractivity contribution in [3.8, 4) is 12.3 Å². The molecule has 0 nitrogen and oxygen atoms in total. The number of benzene rings is 1. The molecule has 0 spiro atoms. The Morgan fingerprint density at radius 2 is 1.94 bits per heavy atom. The Balaban J connectivity index is 0.000000673. The molecule has 0 unspecified atom stereocenters. The molecule has 0 fully saturated rings. The zero-order chi connectivity index (χ0) is 12.6. The molecular weight excluding hydrogens is 192 g/mol. The summed E-state index contributed by atoms with van der Waals surface area (Å²) >= 11 is 0. The molecule has 0 N–H and O–H groups in total. The third-order valence-corrected chi connectivity index (χ3v) is 1.97. The Kier molecular flexibility index (Phi) is 6.72. The molecule has 16 heavy (non-hydrogen) atoms. The molecule has 0 amide bonds. The topological polar surface area (TPSA) is 0 Å². The van der Waals surface area contributed by atoms with Crippen molar-refractivity contribution in [1.82, 2.24) is 0 Å². The van der Waals surface area contributed by atoms with Gasteiger partial charge in [0.15, 0.2) is 0 Å². The molecule has 0 atom stereocenters. The Bertz CT molecular complexity index is 414. The molecule has 0 saturated carbocycles. The highest BCUT2D eigenvalue weighted by molar-refractivity contribution is 5.56. The molecule has 1 aromatic rings. The maximum Gasteiger partial charge on any atom is -0.00297 e. The summed E-state index contributed by atoms with van der Waals surface area (Å²) in [6, 6.07) is 6.47. The molecule has 0 aromatic heterocycles. The predicted octanol–water partition coefficient (Wildman–Crippen LogP) is 4.53. The van der Waals surface area contributed by atoms with E-state index in [9.17, 15) is 0 Å². The number of rotatable bonds is 2. The van der Waals surface area contributed by atoms with Crippen LogP contribution in [0.25, 0.3) is 6.08 Å². The largest absolute Gasteiger partial charge is 0.120 e. The first-order valence-corrected chi connectivity index (χ1v) is 5.29. The van der Waals surface area contributed by atoms with Gasteiger partial charge in [-0.05, 0) is 38.8 Å². The van der Waals surface area contributed by atoms with E-state index in [1.807, 2.05) is 13.0 Å². The minimum Gasteiger partial charge on any atom is -0.120 e. The minimum absolute atomic E-state index is 1.08. The predicted molar refractivity (Wildman–Crippen MR) is 74.3 cm³/mol. The van der Waals surface area contributed by atoms with Crippen LogP contribution in [0.3, 0.4) is 0 Å². The molecule has 1 rings (SSSR count). The van der Waals surface area contributed by atoms with Crippen molar-refractivity contribution in [2.75, 3.05) is 0 Å². The fourth-order valence-corrected chi connectivity index (χ4v) is 1.24. The summed E-state index contributed by atoms with van der Waals surface area (Å²) < 4.78 is 0. The normalized spacial score (nSPS) is 9.19. The van der Waals surface area contributed by atoms with Crippen LogP contribution in [0.2, 0.25) is 0 Å². The number of allylic oxidation sites excluding steroid dienone is 2. The Hall–Kier alpha value is -1.74. The first-order chi connectivity index (χ1) is 7.51. The van der Waals surface area contributed by atoms with Crippen LogP contribution in [0.15, 0.2) is 36.4 Å². The summed E-state index contributed by atoms with van der Waals surface area (Å²) in [6.07, 6.45) is 8.74. The van der Waals surface area contributed by atoms with E-state index in [-0.39, 0.29) is 0 Å². The highest BCUT2D eigenvalue weighted by Gasteiger charge is 1.93. The molecule has 0 aliphatic heterocycles. The van der Waals surface area contributed by atoms with Crippen molar-refractivity contribution in [2.24, 2.45) is 0 Å². The molecule has 1 aromatic carbocycles. The highest BCUT2D eigenvalue weighted by atomic mass is 14.0. The lowest BCUT2D eigenvalue weighted by Gasteiger charge is -2.01. The Morgan fingerprint density at radius 3 is 2.38 bits per heavy atom. The van der Waals surface area contributed by atoms with Crippen LogP contribution in [-0.2, 0) is 0 Å². The van der Waals surface area contributed by atoms with Crippen LogP contribution in [0.1, 0.15) is 30.5 Å². The van der Waals surface area contributed by atoms with E-state index in [0.29, 0.717) is 0 Å². The van der Waals surface area contributed by atoms with Crippen molar-refractivity contribution >= 4 is 6.08 Å². The zero-order valence-electron chi connectivity index (χ0n) is 10.7.